The molecule has 0 spiro atoms. The molecule has 0 saturated heterocycles. The first kappa shape index (κ1) is 11.3. The lowest BCUT2D eigenvalue weighted by Gasteiger charge is -2.23. The lowest BCUT2D eigenvalue weighted by atomic mass is 9.76. The number of nitrogens with zero attached hydrogens (tertiary/aromatic N) is 1. The fraction of sp³-hybridized carbons (Fsp3) is 0.308. The number of anilines is 1. The lowest BCUT2D eigenvalue weighted by molar-refractivity contribution is -0.124. The molecule has 2 rings (SSSR count). The quantitative estimate of drug-likeness (QED) is 0.738. The Kier molecular flexibility index (Phi) is 2.47. The summed E-state index contributed by atoms with van der Waals surface area (Å²) in [5, 5.41) is 11.8. The number of hydrogen-bond donors (Lipinski definition) is 1. The van der Waals surface area contributed by atoms with E-state index >= 15 is 0 Å². The van der Waals surface area contributed by atoms with Crippen molar-refractivity contribution in [1.29, 1.82) is 5.26 Å². The van der Waals surface area contributed by atoms with Crippen LogP contribution in [-0.2, 0) is 4.79 Å². The number of para-hydroxylation sites is 1. The van der Waals surface area contributed by atoms with E-state index in [1.807, 2.05) is 6.07 Å². The van der Waals surface area contributed by atoms with Crippen molar-refractivity contribution in [1.82, 2.24) is 0 Å². The van der Waals surface area contributed by atoms with Crippen LogP contribution >= 0.6 is 0 Å². The molecule has 4 heteroatoms. The number of ketones is 1. The number of Topliss-reactive ketones (excluding diaryl/α,β-unsaturated/α-hetero) is 1. The Labute approximate surface area is 99.2 Å². The smallest absolute Gasteiger partial charge is 0.231 e. The van der Waals surface area contributed by atoms with E-state index in [-0.39, 0.29) is 11.7 Å². The van der Waals surface area contributed by atoms with Gasteiger partial charge in [0.2, 0.25) is 5.91 Å². The van der Waals surface area contributed by atoms with Crippen molar-refractivity contribution in [3.8, 4) is 6.07 Å². The summed E-state index contributed by atoms with van der Waals surface area (Å²) in [7, 11) is 0. The maximum atomic E-state index is 12.2. The van der Waals surface area contributed by atoms with Gasteiger partial charge < -0.3 is 5.32 Å². The summed E-state index contributed by atoms with van der Waals surface area (Å²) in [5.74, 6) is -1.56. The molecule has 86 valence electrons. The van der Waals surface area contributed by atoms with Crippen molar-refractivity contribution in [2.45, 2.75) is 13.8 Å². The molecule has 1 aromatic rings. The summed E-state index contributed by atoms with van der Waals surface area (Å²) in [6.07, 6.45) is 0. The third-order valence-corrected chi connectivity index (χ3v) is 3.14. The van der Waals surface area contributed by atoms with Gasteiger partial charge in [0.25, 0.3) is 0 Å². The Bertz CT molecular complexity index is 541. The van der Waals surface area contributed by atoms with Gasteiger partial charge in [-0.05, 0) is 26.0 Å². The Morgan fingerprint density at radius 2 is 1.94 bits per heavy atom. The standard InChI is InChI=1S/C13H12N2O2/c1-13(2)9(7-14)11(16)8-5-3-4-6-10(8)15-12(13)17/h3-6,9H,1-2H3,(H,15,17). The molecule has 4 nitrogen and oxygen atoms in total. The summed E-state index contributed by atoms with van der Waals surface area (Å²) >= 11 is 0. The minimum atomic E-state index is -1.02. The van der Waals surface area contributed by atoms with E-state index in [9.17, 15) is 9.59 Å². The molecule has 17 heavy (non-hydrogen) atoms. The van der Waals surface area contributed by atoms with Gasteiger partial charge in [0, 0.05) is 5.56 Å². The highest BCUT2D eigenvalue weighted by molar-refractivity contribution is 6.13. The summed E-state index contributed by atoms with van der Waals surface area (Å²) < 4.78 is 0. The Morgan fingerprint density at radius 3 is 2.59 bits per heavy atom. The zero-order valence-corrected chi connectivity index (χ0v) is 9.65. The van der Waals surface area contributed by atoms with Gasteiger partial charge in [-0.2, -0.15) is 5.26 Å². The largest absolute Gasteiger partial charge is 0.325 e. The molecule has 1 unspecified atom stereocenters. The molecule has 0 saturated carbocycles. The molecule has 1 atom stereocenters. The summed E-state index contributed by atoms with van der Waals surface area (Å²) in [5.41, 5.74) is -0.142. The average Bonchev–Trinajstić information content (AvgIpc) is 2.35. The van der Waals surface area contributed by atoms with Gasteiger partial charge in [0.1, 0.15) is 5.92 Å². The van der Waals surface area contributed by atoms with E-state index in [1.54, 1.807) is 38.1 Å². The van der Waals surface area contributed by atoms with E-state index in [0.717, 1.165) is 0 Å². The molecular weight excluding hydrogens is 216 g/mol. The normalized spacial score (nSPS) is 22.1. The number of hydrogen-bond acceptors (Lipinski definition) is 3. The summed E-state index contributed by atoms with van der Waals surface area (Å²) in [6, 6.07) is 8.70. The number of nitrogens with one attached hydrogen (secondary N) is 1. The second kappa shape index (κ2) is 3.70. The molecule has 0 aromatic heterocycles. The number of amides is 1. The number of nitriles is 1. The zero-order chi connectivity index (χ0) is 12.6. The van der Waals surface area contributed by atoms with Gasteiger partial charge >= 0.3 is 0 Å². The molecule has 1 aromatic carbocycles. The minimum Gasteiger partial charge on any atom is -0.325 e. The van der Waals surface area contributed by atoms with Crippen molar-refractivity contribution in [3.05, 3.63) is 29.8 Å². The summed E-state index contributed by atoms with van der Waals surface area (Å²) in [6.45, 7) is 3.22. The minimum absolute atomic E-state index is 0.300. The number of carbonyl (C=O) groups excluding carboxylic acids is 2. The third-order valence-electron chi connectivity index (χ3n) is 3.14. The van der Waals surface area contributed by atoms with Gasteiger partial charge in [-0.15, -0.1) is 0 Å². The maximum Gasteiger partial charge on any atom is 0.231 e. The average molecular weight is 228 g/mol. The molecule has 0 aliphatic carbocycles. The highest BCUT2D eigenvalue weighted by Gasteiger charge is 2.44. The molecule has 0 fully saturated rings. The van der Waals surface area contributed by atoms with E-state index in [4.69, 9.17) is 5.26 Å². The summed E-state index contributed by atoms with van der Waals surface area (Å²) in [4.78, 5) is 24.2. The fourth-order valence-electron chi connectivity index (χ4n) is 1.92. The first-order valence-electron chi connectivity index (χ1n) is 5.33. The van der Waals surface area contributed by atoms with Crippen LogP contribution < -0.4 is 5.32 Å². The third kappa shape index (κ3) is 1.60. The van der Waals surface area contributed by atoms with Crippen LogP contribution in [0.1, 0.15) is 24.2 Å². The number of carbonyl (C=O) groups is 2. The Hall–Kier alpha value is -2.15. The Balaban J connectivity index is 2.64. The van der Waals surface area contributed by atoms with Gasteiger partial charge in [0.05, 0.1) is 17.2 Å². The van der Waals surface area contributed by atoms with Gasteiger partial charge in [-0.1, -0.05) is 12.1 Å². The zero-order valence-electron chi connectivity index (χ0n) is 9.65. The number of rotatable bonds is 0. The SMILES string of the molecule is CC1(C)C(=O)Nc2ccccc2C(=O)C1C#N. The molecule has 1 N–H and O–H groups in total. The predicted molar refractivity (Wildman–Crippen MR) is 62.3 cm³/mol. The van der Waals surface area contributed by atoms with Crippen LogP contribution in [0, 0.1) is 22.7 Å². The predicted octanol–water partition coefficient (Wildman–Crippen LogP) is 1.99. The first-order valence-corrected chi connectivity index (χ1v) is 5.33. The topological polar surface area (TPSA) is 70.0 Å². The van der Waals surface area contributed by atoms with Crippen LogP contribution in [0.15, 0.2) is 24.3 Å². The van der Waals surface area contributed by atoms with E-state index in [0.29, 0.717) is 11.3 Å². The molecular formula is C13H12N2O2. The molecule has 1 aliphatic rings. The van der Waals surface area contributed by atoms with Crippen LogP contribution in [0.2, 0.25) is 0 Å². The second-order valence-corrected chi connectivity index (χ2v) is 4.65. The molecule has 1 aliphatic heterocycles. The number of fused-ring (bicyclic) bond motifs is 1. The van der Waals surface area contributed by atoms with Crippen LogP contribution in [-0.4, -0.2) is 11.7 Å². The Morgan fingerprint density at radius 1 is 1.29 bits per heavy atom. The molecule has 0 bridgehead atoms. The van der Waals surface area contributed by atoms with Crippen LogP contribution in [0.5, 0.6) is 0 Å². The van der Waals surface area contributed by atoms with E-state index < -0.39 is 11.3 Å². The van der Waals surface area contributed by atoms with E-state index in [2.05, 4.69) is 5.32 Å². The van der Waals surface area contributed by atoms with Gasteiger partial charge in [-0.3, -0.25) is 9.59 Å². The van der Waals surface area contributed by atoms with Gasteiger partial charge in [0.15, 0.2) is 5.78 Å². The number of benzene rings is 1. The lowest BCUT2D eigenvalue weighted by Crippen LogP contribution is -2.38. The first-order chi connectivity index (χ1) is 7.98. The second-order valence-electron chi connectivity index (χ2n) is 4.65. The van der Waals surface area contributed by atoms with Crippen LogP contribution in [0.25, 0.3) is 0 Å². The van der Waals surface area contributed by atoms with Crippen LogP contribution in [0.3, 0.4) is 0 Å². The van der Waals surface area contributed by atoms with Crippen molar-refractivity contribution in [2.24, 2.45) is 11.3 Å². The van der Waals surface area contributed by atoms with Crippen molar-refractivity contribution < 1.29 is 9.59 Å². The monoisotopic (exact) mass is 228 g/mol. The highest BCUT2D eigenvalue weighted by atomic mass is 16.2. The van der Waals surface area contributed by atoms with Crippen molar-refractivity contribution in [3.63, 3.8) is 0 Å². The van der Waals surface area contributed by atoms with Crippen molar-refractivity contribution >= 4 is 17.4 Å². The fourth-order valence-corrected chi connectivity index (χ4v) is 1.92. The van der Waals surface area contributed by atoms with E-state index in [1.165, 1.54) is 0 Å². The molecule has 0 radical (unpaired) electrons. The van der Waals surface area contributed by atoms with Crippen LogP contribution in [0.4, 0.5) is 5.69 Å². The van der Waals surface area contributed by atoms with Crippen molar-refractivity contribution in [2.75, 3.05) is 5.32 Å². The van der Waals surface area contributed by atoms with Gasteiger partial charge in [-0.25, -0.2) is 0 Å². The molecule has 1 amide bonds. The maximum absolute atomic E-state index is 12.2. The highest BCUT2D eigenvalue weighted by Crippen LogP contribution is 2.36. The molecule has 1 heterocycles.